The van der Waals surface area contributed by atoms with Crippen LogP contribution in [0, 0.1) is 5.41 Å². The molecule has 0 aromatic heterocycles. The topological polar surface area (TPSA) is 72.9 Å². The Bertz CT molecular complexity index is 772. The zero-order valence-corrected chi connectivity index (χ0v) is 17.1. The second kappa shape index (κ2) is 7.80. The van der Waals surface area contributed by atoms with Gasteiger partial charge in [0.2, 0.25) is 10.0 Å². The third-order valence-corrected chi connectivity index (χ3v) is 7.21. The first-order valence-electron chi connectivity index (χ1n) is 9.71. The molecule has 3 saturated heterocycles. The summed E-state index contributed by atoms with van der Waals surface area (Å²) in [4.78, 5) is 12.4. The van der Waals surface area contributed by atoms with Gasteiger partial charge in [-0.25, -0.2) is 8.42 Å². The average Bonchev–Trinajstić information content (AvgIpc) is 2.60. The molecule has 2 atom stereocenters. The Morgan fingerprint density at radius 1 is 1.19 bits per heavy atom. The highest BCUT2D eigenvalue weighted by molar-refractivity contribution is 7.89. The summed E-state index contributed by atoms with van der Waals surface area (Å²) in [7, 11) is -3.77. The zero-order chi connectivity index (χ0) is 19.7. The molecule has 150 valence electrons. The molecule has 7 heteroatoms. The van der Waals surface area contributed by atoms with E-state index in [4.69, 9.17) is 9.47 Å². The first-order valence-corrected chi connectivity index (χ1v) is 11.1. The number of carbonyl (C=O) groups excluding carboxylic acids is 1. The van der Waals surface area contributed by atoms with Gasteiger partial charge < -0.3 is 9.47 Å². The van der Waals surface area contributed by atoms with E-state index < -0.39 is 27.4 Å². The molecule has 0 saturated carbocycles. The van der Waals surface area contributed by atoms with Gasteiger partial charge in [-0.1, -0.05) is 40.0 Å². The number of sulfonamides is 1. The van der Waals surface area contributed by atoms with E-state index >= 15 is 0 Å². The van der Waals surface area contributed by atoms with Gasteiger partial charge in [0, 0.05) is 0 Å². The molecule has 0 spiro atoms. The molecule has 3 fully saturated rings. The zero-order valence-electron chi connectivity index (χ0n) is 16.3. The largest absolute Gasteiger partial charge is 0.494 e. The lowest BCUT2D eigenvalue weighted by molar-refractivity contribution is -0.183. The van der Waals surface area contributed by atoms with Crippen molar-refractivity contribution in [2.45, 2.75) is 69.9 Å². The van der Waals surface area contributed by atoms with Gasteiger partial charge in [-0.2, -0.15) is 4.31 Å². The molecule has 0 amide bonds. The summed E-state index contributed by atoms with van der Waals surface area (Å²) in [5.41, 5.74) is -0.438. The SMILES string of the molecule is CCCCCCOc1ccc(S(=O)(=O)N2C[C@H]3CC(C)(C)[C@@H]2C(=O)O3)cc1. The van der Waals surface area contributed by atoms with Crippen molar-refractivity contribution in [2.24, 2.45) is 5.41 Å². The molecule has 0 unspecified atom stereocenters. The standard InChI is InChI=1S/C20H29NO5S/c1-4-5-6-7-12-25-15-8-10-17(11-9-15)27(23,24)21-14-16-13-20(2,3)18(21)19(22)26-16/h8-11,16,18H,4-7,12-14H2,1-3H3/t16-,18+/m1/s1. The van der Waals surface area contributed by atoms with Crippen molar-refractivity contribution >= 4 is 16.0 Å². The van der Waals surface area contributed by atoms with E-state index in [-0.39, 0.29) is 17.5 Å². The predicted octanol–water partition coefficient (Wildman–Crippen LogP) is 3.36. The number of unbranched alkanes of at least 4 members (excludes halogenated alkanes) is 3. The average molecular weight is 396 g/mol. The fourth-order valence-electron chi connectivity index (χ4n) is 4.00. The van der Waals surface area contributed by atoms with Crippen LogP contribution in [0.3, 0.4) is 0 Å². The van der Waals surface area contributed by atoms with Gasteiger partial charge in [0.05, 0.1) is 18.0 Å². The second-order valence-electron chi connectivity index (χ2n) is 8.11. The van der Waals surface area contributed by atoms with Gasteiger partial charge in [0.15, 0.2) is 0 Å². The lowest BCUT2D eigenvalue weighted by Crippen LogP contribution is -2.66. The van der Waals surface area contributed by atoms with Crippen LogP contribution in [0.5, 0.6) is 5.75 Å². The number of esters is 1. The monoisotopic (exact) mass is 395 g/mol. The van der Waals surface area contributed by atoms with Crippen LogP contribution in [-0.2, 0) is 19.6 Å². The fourth-order valence-corrected chi connectivity index (χ4v) is 5.76. The maximum Gasteiger partial charge on any atom is 0.325 e. The summed E-state index contributed by atoms with van der Waals surface area (Å²) >= 11 is 0. The second-order valence-corrected chi connectivity index (χ2v) is 10.00. The molecule has 0 N–H and O–H groups in total. The summed E-state index contributed by atoms with van der Waals surface area (Å²) in [6.45, 7) is 6.85. The van der Waals surface area contributed by atoms with Crippen LogP contribution in [-0.4, -0.2) is 44.0 Å². The number of morpholine rings is 1. The number of benzene rings is 1. The fraction of sp³-hybridized carbons (Fsp3) is 0.650. The van der Waals surface area contributed by atoms with Gasteiger partial charge in [-0.15, -0.1) is 0 Å². The number of fused-ring (bicyclic) bond motifs is 3. The molecular formula is C20H29NO5S. The molecule has 27 heavy (non-hydrogen) atoms. The van der Waals surface area contributed by atoms with Crippen molar-refractivity contribution in [1.82, 2.24) is 4.31 Å². The maximum absolute atomic E-state index is 13.1. The van der Waals surface area contributed by atoms with Crippen molar-refractivity contribution in [3.63, 3.8) is 0 Å². The third-order valence-electron chi connectivity index (χ3n) is 5.37. The Kier molecular flexibility index (Phi) is 5.82. The number of hydrogen-bond donors (Lipinski definition) is 0. The van der Waals surface area contributed by atoms with Gasteiger partial charge in [0.1, 0.15) is 17.9 Å². The normalized spacial score (nSPS) is 24.6. The van der Waals surface area contributed by atoms with E-state index in [9.17, 15) is 13.2 Å². The van der Waals surface area contributed by atoms with Gasteiger partial charge >= 0.3 is 5.97 Å². The first-order chi connectivity index (χ1) is 12.8. The molecule has 6 nitrogen and oxygen atoms in total. The van der Waals surface area contributed by atoms with Crippen molar-refractivity contribution < 1.29 is 22.7 Å². The highest BCUT2D eigenvalue weighted by Crippen LogP contribution is 2.43. The molecule has 2 bridgehead atoms. The Balaban J connectivity index is 1.71. The Morgan fingerprint density at radius 3 is 2.48 bits per heavy atom. The molecule has 0 aliphatic carbocycles. The molecule has 3 aliphatic heterocycles. The van der Waals surface area contributed by atoms with Gasteiger partial charge in [-0.3, -0.25) is 4.79 Å². The Morgan fingerprint density at radius 2 is 1.89 bits per heavy atom. The van der Waals surface area contributed by atoms with Crippen molar-refractivity contribution in [3.05, 3.63) is 24.3 Å². The maximum atomic E-state index is 13.1. The van der Waals surface area contributed by atoms with Crippen LogP contribution in [0.1, 0.15) is 52.9 Å². The van der Waals surface area contributed by atoms with Crippen LogP contribution >= 0.6 is 0 Å². The van der Waals surface area contributed by atoms with Crippen molar-refractivity contribution in [3.8, 4) is 5.75 Å². The highest BCUT2D eigenvalue weighted by Gasteiger charge is 2.56. The van der Waals surface area contributed by atoms with Gasteiger partial charge in [0.25, 0.3) is 0 Å². The predicted molar refractivity (Wildman–Crippen MR) is 102 cm³/mol. The number of nitrogens with zero attached hydrogens (tertiary/aromatic N) is 1. The Hall–Kier alpha value is -1.60. The smallest absolute Gasteiger partial charge is 0.325 e. The van der Waals surface area contributed by atoms with Crippen LogP contribution in [0.4, 0.5) is 0 Å². The molecule has 3 aliphatic rings. The summed E-state index contributed by atoms with van der Waals surface area (Å²) < 4.78 is 38.6. The van der Waals surface area contributed by atoms with Crippen molar-refractivity contribution in [2.75, 3.05) is 13.2 Å². The Labute approximate surface area is 161 Å². The number of piperidine rings is 1. The number of ether oxygens (including phenoxy) is 2. The molecule has 1 aromatic carbocycles. The first kappa shape index (κ1) is 20.1. The number of rotatable bonds is 8. The minimum atomic E-state index is -3.77. The highest BCUT2D eigenvalue weighted by atomic mass is 32.2. The quantitative estimate of drug-likeness (QED) is 0.498. The van der Waals surface area contributed by atoms with Crippen molar-refractivity contribution in [1.29, 1.82) is 0 Å². The minimum absolute atomic E-state index is 0.178. The van der Waals surface area contributed by atoms with Gasteiger partial charge in [-0.05, 0) is 42.5 Å². The van der Waals surface area contributed by atoms with E-state index in [0.29, 0.717) is 18.8 Å². The van der Waals surface area contributed by atoms with E-state index in [1.54, 1.807) is 24.3 Å². The summed E-state index contributed by atoms with van der Waals surface area (Å²) in [6.07, 6.45) is 4.79. The van der Waals surface area contributed by atoms with E-state index in [0.717, 1.165) is 12.8 Å². The summed E-state index contributed by atoms with van der Waals surface area (Å²) in [5.74, 6) is 0.212. The van der Waals surface area contributed by atoms with Crippen LogP contribution in [0.2, 0.25) is 0 Å². The third kappa shape index (κ3) is 4.14. The number of hydrogen-bond acceptors (Lipinski definition) is 5. The van der Waals surface area contributed by atoms with Crippen LogP contribution in [0.15, 0.2) is 29.2 Å². The summed E-state index contributed by atoms with van der Waals surface area (Å²) in [5, 5.41) is 0. The van der Waals surface area contributed by atoms with E-state index in [2.05, 4.69) is 6.92 Å². The van der Waals surface area contributed by atoms with Crippen LogP contribution in [0.25, 0.3) is 0 Å². The lowest BCUT2D eigenvalue weighted by atomic mass is 9.74. The summed E-state index contributed by atoms with van der Waals surface area (Å²) in [6, 6.07) is 5.69. The lowest BCUT2D eigenvalue weighted by Gasteiger charge is -2.51. The molecule has 4 rings (SSSR count). The minimum Gasteiger partial charge on any atom is -0.494 e. The van der Waals surface area contributed by atoms with Crippen LogP contribution < -0.4 is 4.74 Å². The molecule has 3 heterocycles. The number of carbonyl (C=O) groups is 1. The molecule has 1 aromatic rings. The van der Waals surface area contributed by atoms with E-state index in [1.165, 1.54) is 17.1 Å². The van der Waals surface area contributed by atoms with E-state index in [1.807, 2.05) is 13.8 Å². The molecule has 0 radical (unpaired) electrons. The molecular weight excluding hydrogens is 366 g/mol.